The first kappa shape index (κ1) is 21.8. The van der Waals surface area contributed by atoms with Crippen LogP contribution in [0.1, 0.15) is 12.6 Å². The largest absolute Gasteiger partial charge is 0.355 e. The van der Waals surface area contributed by atoms with Gasteiger partial charge in [0.2, 0.25) is 0 Å². The molecule has 1 aromatic heterocycles. The Morgan fingerprint density at radius 2 is 2.00 bits per heavy atom. The average Bonchev–Trinajstić information content (AvgIpc) is 2.70. The van der Waals surface area contributed by atoms with E-state index in [1.54, 1.807) is 24.6 Å². The van der Waals surface area contributed by atoms with E-state index < -0.39 is 9.84 Å². The third-order valence-corrected chi connectivity index (χ3v) is 5.57. The highest BCUT2D eigenvalue weighted by atomic mass is 127. The number of aliphatic imine (C=N–C) groups is 1. The van der Waals surface area contributed by atoms with E-state index in [2.05, 4.69) is 15.6 Å². The third kappa shape index (κ3) is 6.51. The molecule has 0 atom stereocenters. The van der Waals surface area contributed by atoms with Gasteiger partial charge >= 0.3 is 0 Å². The molecule has 1 aromatic rings. The molecular weight excluding hydrogens is 462 g/mol. The zero-order valence-corrected chi connectivity index (χ0v) is 17.3. The number of halogens is 3. The summed E-state index contributed by atoms with van der Waals surface area (Å²) < 4.78 is 24.6. The zero-order valence-electron chi connectivity index (χ0n) is 12.7. The Labute approximate surface area is 158 Å². The molecule has 10 heteroatoms. The van der Waals surface area contributed by atoms with Crippen LogP contribution in [0.25, 0.3) is 0 Å². The van der Waals surface area contributed by atoms with Crippen molar-refractivity contribution < 1.29 is 8.42 Å². The molecule has 0 saturated heterocycles. The van der Waals surface area contributed by atoms with E-state index in [9.17, 15) is 8.42 Å². The molecule has 6 nitrogen and oxygen atoms in total. The highest BCUT2D eigenvalue weighted by molar-refractivity contribution is 14.0. The number of guanidine groups is 1. The van der Waals surface area contributed by atoms with E-state index >= 15 is 0 Å². The van der Waals surface area contributed by atoms with Gasteiger partial charge in [-0.15, -0.1) is 24.0 Å². The normalized spacial score (nSPS) is 12.0. The third-order valence-electron chi connectivity index (χ3n) is 3.02. The SMILES string of the molecule is CCS(=O)(=O)CCNC(=NC)NCc1cc(Cl)c(Cl)n1C.I. The smallest absolute Gasteiger partial charge is 0.191 e. The molecular formula is C12H21Cl2IN4O2S. The lowest BCUT2D eigenvalue weighted by Gasteiger charge is -2.12. The van der Waals surface area contributed by atoms with Crippen LogP contribution in [0.5, 0.6) is 0 Å². The standard InChI is InChI=1S/C12H20Cl2N4O2S.HI/c1-4-21(19,20)6-5-16-12(15-2)17-8-9-7-10(13)11(14)18(9)3;/h7H,4-6,8H2,1-3H3,(H2,15,16,17);1H. The van der Waals surface area contributed by atoms with Crippen molar-refractivity contribution in [2.75, 3.05) is 25.1 Å². The van der Waals surface area contributed by atoms with E-state index in [1.165, 1.54) is 0 Å². The van der Waals surface area contributed by atoms with Gasteiger partial charge in [-0.25, -0.2) is 8.42 Å². The Hall–Kier alpha value is -0.190. The molecule has 128 valence electrons. The fourth-order valence-corrected chi connectivity index (χ4v) is 2.74. The molecule has 0 aliphatic heterocycles. The van der Waals surface area contributed by atoms with Gasteiger partial charge in [-0.1, -0.05) is 30.1 Å². The van der Waals surface area contributed by atoms with Crippen LogP contribution in [0.3, 0.4) is 0 Å². The fraction of sp³-hybridized carbons (Fsp3) is 0.583. The molecule has 1 heterocycles. The van der Waals surface area contributed by atoms with Crippen LogP contribution in [0.15, 0.2) is 11.1 Å². The minimum Gasteiger partial charge on any atom is -0.355 e. The summed E-state index contributed by atoms with van der Waals surface area (Å²) in [5.74, 6) is 0.738. The van der Waals surface area contributed by atoms with Crippen LogP contribution in [0, 0.1) is 0 Å². The van der Waals surface area contributed by atoms with Gasteiger partial charge in [-0.2, -0.15) is 0 Å². The molecule has 1 rings (SSSR count). The number of sulfone groups is 1. The molecule has 22 heavy (non-hydrogen) atoms. The molecule has 0 radical (unpaired) electrons. The van der Waals surface area contributed by atoms with Crippen molar-refractivity contribution in [3.63, 3.8) is 0 Å². The molecule has 0 unspecified atom stereocenters. The number of nitrogens with zero attached hydrogens (tertiary/aromatic N) is 2. The van der Waals surface area contributed by atoms with Crippen LogP contribution in [-0.2, 0) is 23.4 Å². The minimum absolute atomic E-state index is 0. The number of aromatic nitrogens is 1. The summed E-state index contributed by atoms with van der Waals surface area (Å²) in [6, 6.07) is 1.77. The molecule has 0 saturated carbocycles. The van der Waals surface area contributed by atoms with Crippen LogP contribution in [0.2, 0.25) is 10.2 Å². The summed E-state index contributed by atoms with van der Waals surface area (Å²) in [5.41, 5.74) is 0.897. The lowest BCUT2D eigenvalue weighted by atomic mass is 10.4. The summed E-state index contributed by atoms with van der Waals surface area (Å²) in [5, 5.41) is 7.00. The van der Waals surface area contributed by atoms with Crippen molar-refractivity contribution >= 4 is 63.0 Å². The molecule has 0 amide bonds. The first-order valence-corrected chi connectivity index (χ1v) is 9.03. The van der Waals surface area contributed by atoms with Gasteiger partial charge < -0.3 is 15.2 Å². The van der Waals surface area contributed by atoms with Crippen LogP contribution >= 0.6 is 47.2 Å². The van der Waals surface area contributed by atoms with Gasteiger partial charge in [0.15, 0.2) is 15.8 Å². The maximum Gasteiger partial charge on any atom is 0.191 e. The quantitative estimate of drug-likeness (QED) is 0.369. The van der Waals surface area contributed by atoms with E-state index in [-0.39, 0.29) is 35.5 Å². The van der Waals surface area contributed by atoms with Crippen LogP contribution in [-0.4, -0.2) is 44.0 Å². The van der Waals surface area contributed by atoms with Crippen molar-refractivity contribution in [3.05, 3.63) is 21.9 Å². The van der Waals surface area contributed by atoms with E-state index in [0.717, 1.165) is 5.69 Å². The van der Waals surface area contributed by atoms with Crippen molar-refractivity contribution in [3.8, 4) is 0 Å². The number of rotatable bonds is 6. The second-order valence-corrected chi connectivity index (χ2v) is 7.66. The Morgan fingerprint density at radius 1 is 1.36 bits per heavy atom. The first-order chi connectivity index (χ1) is 9.80. The average molecular weight is 483 g/mol. The van der Waals surface area contributed by atoms with Gasteiger partial charge in [0.1, 0.15) is 5.15 Å². The van der Waals surface area contributed by atoms with Gasteiger partial charge in [0, 0.05) is 32.1 Å². The molecule has 0 aliphatic carbocycles. The number of hydrogen-bond donors (Lipinski definition) is 2. The Morgan fingerprint density at radius 3 is 2.45 bits per heavy atom. The second-order valence-electron chi connectivity index (χ2n) is 4.42. The van der Waals surface area contributed by atoms with E-state index in [4.69, 9.17) is 23.2 Å². The molecule has 0 bridgehead atoms. The summed E-state index contributed by atoms with van der Waals surface area (Å²) in [7, 11) is 0.451. The highest BCUT2D eigenvalue weighted by Gasteiger charge is 2.10. The second kappa shape index (κ2) is 9.84. The molecule has 0 aromatic carbocycles. The number of nitrogens with one attached hydrogen (secondary N) is 2. The lowest BCUT2D eigenvalue weighted by Crippen LogP contribution is -2.39. The fourth-order valence-electron chi connectivity index (χ4n) is 1.62. The Bertz CT molecular complexity index is 617. The molecule has 0 spiro atoms. The van der Waals surface area contributed by atoms with Crippen molar-refractivity contribution in [2.45, 2.75) is 13.5 Å². The molecule has 0 aliphatic rings. The Kier molecular flexibility index (Phi) is 9.75. The summed E-state index contributed by atoms with van der Waals surface area (Å²) in [6.45, 7) is 2.42. The monoisotopic (exact) mass is 482 g/mol. The maximum atomic E-state index is 11.4. The summed E-state index contributed by atoms with van der Waals surface area (Å²) in [4.78, 5) is 4.03. The molecule has 2 N–H and O–H groups in total. The van der Waals surface area contributed by atoms with Gasteiger partial charge in [0.25, 0.3) is 0 Å². The minimum atomic E-state index is -2.98. The van der Waals surface area contributed by atoms with Crippen molar-refractivity contribution in [1.29, 1.82) is 0 Å². The summed E-state index contributed by atoms with van der Waals surface area (Å²) in [6.07, 6.45) is 0. The summed E-state index contributed by atoms with van der Waals surface area (Å²) >= 11 is 11.9. The van der Waals surface area contributed by atoms with Crippen LogP contribution < -0.4 is 10.6 Å². The maximum absolute atomic E-state index is 11.4. The van der Waals surface area contributed by atoms with E-state index in [0.29, 0.717) is 29.2 Å². The van der Waals surface area contributed by atoms with Gasteiger partial charge in [-0.3, -0.25) is 4.99 Å². The van der Waals surface area contributed by atoms with E-state index in [1.807, 2.05) is 7.05 Å². The lowest BCUT2D eigenvalue weighted by molar-refractivity contribution is 0.595. The predicted octanol–water partition coefficient (Wildman–Crippen LogP) is 2.05. The first-order valence-electron chi connectivity index (χ1n) is 6.45. The van der Waals surface area contributed by atoms with Crippen molar-refractivity contribution in [2.24, 2.45) is 12.0 Å². The Balaban J connectivity index is 0.00000441. The molecule has 0 fully saturated rings. The number of hydrogen-bond acceptors (Lipinski definition) is 3. The predicted molar refractivity (Wildman–Crippen MR) is 103 cm³/mol. The van der Waals surface area contributed by atoms with Gasteiger partial charge in [-0.05, 0) is 6.07 Å². The van der Waals surface area contributed by atoms with Crippen LogP contribution in [0.4, 0.5) is 0 Å². The van der Waals surface area contributed by atoms with Crippen molar-refractivity contribution in [1.82, 2.24) is 15.2 Å². The highest BCUT2D eigenvalue weighted by Crippen LogP contribution is 2.24. The topological polar surface area (TPSA) is 75.5 Å². The van der Waals surface area contributed by atoms with Gasteiger partial charge in [0.05, 0.1) is 17.3 Å². The zero-order chi connectivity index (χ0) is 16.0.